The molecule has 3 aliphatic rings. The molecule has 0 spiro atoms. The van der Waals surface area contributed by atoms with Crippen LogP contribution in [0.25, 0.3) is 88.7 Å². The summed E-state index contributed by atoms with van der Waals surface area (Å²) in [6.07, 6.45) is 5.77. The van der Waals surface area contributed by atoms with Crippen LogP contribution >= 0.6 is 0 Å². The van der Waals surface area contributed by atoms with Gasteiger partial charge in [0.25, 0.3) is 0 Å². The van der Waals surface area contributed by atoms with Gasteiger partial charge in [-0.1, -0.05) is 144 Å². The van der Waals surface area contributed by atoms with E-state index in [1.807, 2.05) is 0 Å². The van der Waals surface area contributed by atoms with E-state index in [-0.39, 0.29) is 10.8 Å². The minimum Gasteiger partial charge on any atom is -0.310 e. The van der Waals surface area contributed by atoms with Crippen LogP contribution in [0.2, 0.25) is 0 Å². The van der Waals surface area contributed by atoms with Gasteiger partial charge < -0.3 is 4.57 Å². The molecule has 58 heavy (non-hydrogen) atoms. The van der Waals surface area contributed by atoms with Gasteiger partial charge in [-0.05, 0) is 161 Å². The van der Waals surface area contributed by atoms with Crippen LogP contribution in [-0.2, 0) is 17.3 Å². The fourth-order valence-corrected chi connectivity index (χ4v) is 11.3. The minimum absolute atomic E-state index is 0.118. The lowest BCUT2D eigenvalue weighted by Crippen LogP contribution is -2.15. The van der Waals surface area contributed by atoms with Crippen molar-refractivity contribution in [3.05, 3.63) is 191 Å². The molecule has 0 amide bonds. The van der Waals surface area contributed by atoms with Gasteiger partial charge in [0.1, 0.15) is 0 Å². The van der Waals surface area contributed by atoms with Crippen LogP contribution in [0.15, 0.2) is 158 Å². The number of nitrogens with zero attached hydrogens (tertiary/aromatic N) is 1. The Hall–Kier alpha value is -6.44. The molecule has 1 heterocycles. The van der Waals surface area contributed by atoms with Crippen LogP contribution in [0.3, 0.4) is 0 Å². The van der Waals surface area contributed by atoms with Gasteiger partial charge in [-0.3, -0.25) is 0 Å². The van der Waals surface area contributed by atoms with E-state index in [2.05, 4.69) is 203 Å². The third-order valence-corrected chi connectivity index (χ3v) is 14.1. The predicted octanol–water partition coefficient (Wildman–Crippen LogP) is 15.1. The highest BCUT2D eigenvalue weighted by Gasteiger charge is 2.38. The highest BCUT2D eigenvalue weighted by atomic mass is 15.0. The first-order chi connectivity index (χ1) is 28.2. The quantitative estimate of drug-likeness (QED) is 0.159. The Kier molecular flexibility index (Phi) is 6.86. The lowest BCUT2D eigenvalue weighted by molar-refractivity contribution is 0.661. The summed E-state index contributed by atoms with van der Waals surface area (Å²) >= 11 is 0. The Balaban J connectivity index is 1.26. The molecule has 8 aromatic carbocycles. The first-order valence-electron chi connectivity index (χ1n) is 21.0. The first-order valence-corrected chi connectivity index (χ1v) is 21.0. The van der Waals surface area contributed by atoms with Crippen molar-refractivity contribution in [1.29, 1.82) is 0 Å². The Labute approximate surface area is 340 Å². The molecule has 0 fully saturated rings. The zero-order valence-corrected chi connectivity index (χ0v) is 33.8. The molecule has 12 rings (SSSR count). The van der Waals surface area contributed by atoms with Crippen LogP contribution in [-0.4, -0.2) is 4.57 Å². The monoisotopic (exact) mass is 743 g/mol. The predicted molar refractivity (Wildman–Crippen MR) is 246 cm³/mol. The maximum Gasteiger partial charge on any atom is 0.0538 e. The topological polar surface area (TPSA) is 4.93 Å². The van der Waals surface area contributed by atoms with Crippen molar-refractivity contribution in [3.8, 4) is 50.2 Å². The van der Waals surface area contributed by atoms with Crippen molar-refractivity contribution in [2.24, 2.45) is 5.92 Å². The number of aromatic nitrogens is 1. The minimum atomic E-state index is -0.118. The number of hydrogen-bond donors (Lipinski definition) is 0. The molecule has 3 aliphatic carbocycles. The molecule has 1 atom stereocenters. The second-order valence-corrected chi connectivity index (χ2v) is 18.2. The van der Waals surface area contributed by atoms with Gasteiger partial charge in [0.05, 0.1) is 5.52 Å². The summed E-state index contributed by atoms with van der Waals surface area (Å²) in [7, 11) is 0. The molecule has 1 unspecified atom stereocenters. The zero-order chi connectivity index (χ0) is 39.1. The summed E-state index contributed by atoms with van der Waals surface area (Å²) < 4.78 is 2.48. The third kappa shape index (κ3) is 4.48. The SMILES string of the molecule is CC1C=Cc2c(c3cc(-c4c5cc6c(cc5c(-c5ccccc5)c5cc7c(cc45)-c4ccccc4C7(C)C)C(C)(C)c4ccccc4-6)ccc3n2-c2ccccc2)C1. The standard InChI is InChI=1S/C57H45N/c1-34-24-26-52-42(28-34)43-29-36(25-27-53(43)58(52)37-18-10-7-11-19-37)55-44-30-40-38-20-12-14-22-48(38)56(2,3)50(40)32-46(44)54(35-16-8-6-9-17-35)47-33-51-41(31-45(47)55)39-21-13-15-23-49(39)57(51,4)5/h6-27,29-34H,28H2,1-5H3. The van der Waals surface area contributed by atoms with Crippen LogP contribution in [0.1, 0.15) is 68.1 Å². The molecule has 1 heteroatoms. The Morgan fingerprint density at radius 3 is 1.59 bits per heavy atom. The maximum absolute atomic E-state index is 2.57. The molecule has 278 valence electrons. The largest absolute Gasteiger partial charge is 0.310 e. The summed E-state index contributed by atoms with van der Waals surface area (Å²) in [5, 5.41) is 6.62. The zero-order valence-electron chi connectivity index (χ0n) is 33.8. The highest BCUT2D eigenvalue weighted by molar-refractivity contribution is 6.24. The number of allylic oxidation sites excluding steroid dienone is 1. The van der Waals surface area contributed by atoms with E-state index in [0.717, 1.165) is 6.42 Å². The fourth-order valence-electron chi connectivity index (χ4n) is 11.3. The summed E-state index contributed by atoms with van der Waals surface area (Å²) in [5.74, 6) is 0.481. The maximum atomic E-state index is 2.57. The molecule has 0 saturated heterocycles. The van der Waals surface area contributed by atoms with Gasteiger partial charge >= 0.3 is 0 Å². The van der Waals surface area contributed by atoms with Crippen molar-refractivity contribution in [2.45, 2.75) is 51.9 Å². The fraction of sp³-hybridized carbons (Fsp3) is 0.158. The molecular weight excluding hydrogens is 699 g/mol. The number of para-hydroxylation sites is 1. The number of benzene rings is 8. The summed E-state index contributed by atoms with van der Waals surface area (Å²) in [4.78, 5) is 0. The van der Waals surface area contributed by atoms with Crippen molar-refractivity contribution in [1.82, 2.24) is 4.57 Å². The summed E-state index contributed by atoms with van der Waals surface area (Å²) in [6.45, 7) is 12.0. The van der Waals surface area contributed by atoms with Crippen LogP contribution < -0.4 is 0 Å². The normalized spacial score (nSPS) is 16.7. The van der Waals surface area contributed by atoms with Crippen molar-refractivity contribution in [2.75, 3.05) is 0 Å². The van der Waals surface area contributed by atoms with Gasteiger partial charge in [0.15, 0.2) is 0 Å². The molecule has 0 bridgehead atoms. The van der Waals surface area contributed by atoms with E-state index in [1.165, 1.54) is 116 Å². The molecule has 0 aliphatic heterocycles. The van der Waals surface area contributed by atoms with Crippen LogP contribution in [0.4, 0.5) is 0 Å². The Morgan fingerprint density at radius 2 is 0.983 bits per heavy atom. The van der Waals surface area contributed by atoms with Crippen molar-refractivity contribution in [3.63, 3.8) is 0 Å². The van der Waals surface area contributed by atoms with Gasteiger partial charge in [-0.25, -0.2) is 0 Å². The molecular formula is C57H45N. The van der Waals surface area contributed by atoms with E-state index < -0.39 is 0 Å². The highest BCUT2D eigenvalue weighted by Crippen LogP contribution is 2.56. The Bertz CT molecular complexity index is 3120. The van der Waals surface area contributed by atoms with Gasteiger partial charge in [0.2, 0.25) is 0 Å². The molecule has 1 aromatic heterocycles. The number of rotatable bonds is 3. The molecule has 1 nitrogen and oxygen atoms in total. The van der Waals surface area contributed by atoms with E-state index in [0.29, 0.717) is 5.92 Å². The Morgan fingerprint density at radius 1 is 0.466 bits per heavy atom. The van der Waals surface area contributed by atoms with E-state index in [9.17, 15) is 0 Å². The summed E-state index contributed by atoms with van der Waals surface area (Å²) in [6, 6.07) is 57.8. The van der Waals surface area contributed by atoms with Gasteiger partial charge in [-0.15, -0.1) is 0 Å². The number of hydrogen-bond acceptors (Lipinski definition) is 0. The van der Waals surface area contributed by atoms with E-state index in [4.69, 9.17) is 0 Å². The average molecular weight is 744 g/mol. The van der Waals surface area contributed by atoms with Crippen LogP contribution in [0.5, 0.6) is 0 Å². The van der Waals surface area contributed by atoms with Crippen molar-refractivity contribution >= 4 is 38.5 Å². The lowest BCUT2D eigenvalue weighted by Gasteiger charge is -2.25. The lowest BCUT2D eigenvalue weighted by atomic mass is 9.77. The second-order valence-electron chi connectivity index (χ2n) is 18.2. The van der Waals surface area contributed by atoms with Gasteiger partial charge in [0, 0.05) is 27.6 Å². The molecule has 0 saturated carbocycles. The number of fused-ring (bicyclic) bond motifs is 11. The van der Waals surface area contributed by atoms with E-state index in [1.54, 1.807) is 0 Å². The smallest absolute Gasteiger partial charge is 0.0538 e. The van der Waals surface area contributed by atoms with Crippen LogP contribution in [0, 0.1) is 5.92 Å². The van der Waals surface area contributed by atoms with Crippen molar-refractivity contribution < 1.29 is 0 Å². The van der Waals surface area contributed by atoms with E-state index >= 15 is 0 Å². The first kappa shape index (κ1) is 33.7. The second kappa shape index (κ2) is 11.8. The molecule has 9 aromatic rings. The van der Waals surface area contributed by atoms with Gasteiger partial charge in [-0.2, -0.15) is 0 Å². The molecule has 0 N–H and O–H groups in total. The average Bonchev–Trinajstić information content (AvgIpc) is 3.77. The summed E-state index contributed by atoms with van der Waals surface area (Å²) in [5.41, 5.74) is 21.2. The molecule has 0 radical (unpaired) electrons. The third-order valence-electron chi connectivity index (χ3n) is 14.1.